The van der Waals surface area contributed by atoms with E-state index >= 15 is 0 Å². The maximum absolute atomic E-state index is 11.4. The highest BCUT2D eigenvalue weighted by atomic mass is 16.7. The molecule has 3 rings (SSSR count). The summed E-state index contributed by atoms with van der Waals surface area (Å²) in [6.45, 7) is 8.50. The third-order valence-corrected chi connectivity index (χ3v) is 4.48. The lowest BCUT2D eigenvalue weighted by molar-refractivity contribution is -0.220. The van der Waals surface area contributed by atoms with Crippen molar-refractivity contribution in [3.63, 3.8) is 0 Å². The van der Waals surface area contributed by atoms with Crippen molar-refractivity contribution in [2.75, 3.05) is 13.1 Å². The van der Waals surface area contributed by atoms with E-state index in [0.717, 1.165) is 25.1 Å². The molecule has 4 nitrogen and oxygen atoms in total. The third-order valence-electron chi connectivity index (χ3n) is 4.48. The van der Waals surface area contributed by atoms with E-state index in [1.165, 1.54) is 22.6 Å². The molecule has 0 spiro atoms. The van der Waals surface area contributed by atoms with Gasteiger partial charge in [0.1, 0.15) is 0 Å². The minimum atomic E-state index is -0.400. The van der Waals surface area contributed by atoms with Crippen molar-refractivity contribution in [2.24, 2.45) is 0 Å². The van der Waals surface area contributed by atoms with Crippen molar-refractivity contribution < 1.29 is 9.63 Å². The van der Waals surface area contributed by atoms with Crippen LogP contribution in [0.15, 0.2) is 54.6 Å². The first-order chi connectivity index (χ1) is 12.5. The molecule has 1 aliphatic heterocycles. The van der Waals surface area contributed by atoms with E-state index < -0.39 is 5.60 Å². The monoisotopic (exact) mass is 352 g/mol. The minimum Gasteiger partial charge on any atom is -0.292 e. The first kappa shape index (κ1) is 18.6. The van der Waals surface area contributed by atoms with Gasteiger partial charge >= 0.3 is 0 Å². The molecular weight excluding hydrogens is 324 g/mol. The van der Waals surface area contributed by atoms with Crippen molar-refractivity contribution in [3.8, 4) is 0 Å². The standard InChI is InChI=1S/C22H28N2O2/c1-22(2,3)26-24(17-25)16-18-9-7-12-20(15-18)21(23-13-8-14-23)19-10-5-4-6-11-19/h4-7,9-12,15,17,21H,8,13-14,16H2,1-3H3. The van der Waals surface area contributed by atoms with Crippen molar-refractivity contribution in [3.05, 3.63) is 71.3 Å². The Bertz CT molecular complexity index is 720. The molecule has 2 aromatic carbocycles. The number of nitrogens with zero attached hydrogens (tertiary/aromatic N) is 2. The van der Waals surface area contributed by atoms with E-state index in [0.29, 0.717) is 6.54 Å². The number of amides is 1. The normalized spacial score (nSPS) is 16.0. The SMILES string of the molecule is CC(C)(C)ON(C=O)Cc1cccc(C(c2ccccc2)N2CCC2)c1. The van der Waals surface area contributed by atoms with Crippen LogP contribution in [0.1, 0.15) is 49.9 Å². The Morgan fingerprint density at radius 1 is 1.08 bits per heavy atom. The van der Waals surface area contributed by atoms with Gasteiger partial charge in [-0.2, -0.15) is 0 Å². The smallest absolute Gasteiger partial charge is 0.233 e. The van der Waals surface area contributed by atoms with Gasteiger partial charge in [-0.1, -0.05) is 54.6 Å². The van der Waals surface area contributed by atoms with Gasteiger partial charge in [0.05, 0.1) is 18.2 Å². The van der Waals surface area contributed by atoms with Crippen LogP contribution in [0.3, 0.4) is 0 Å². The number of likely N-dealkylation sites (tertiary alicyclic amines) is 1. The summed E-state index contributed by atoms with van der Waals surface area (Å²) in [6.07, 6.45) is 2.00. The lowest BCUT2D eigenvalue weighted by Gasteiger charge is -2.39. The van der Waals surface area contributed by atoms with Gasteiger partial charge in [-0.25, -0.2) is 5.06 Å². The van der Waals surface area contributed by atoms with E-state index in [-0.39, 0.29) is 6.04 Å². The number of carbonyl (C=O) groups excluding carboxylic acids is 1. The molecule has 0 saturated carbocycles. The number of hydrogen-bond acceptors (Lipinski definition) is 3. The third kappa shape index (κ3) is 4.71. The summed E-state index contributed by atoms with van der Waals surface area (Å²) < 4.78 is 0. The topological polar surface area (TPSA) is 32.8 Å². The molecule has 0 aromatic heterocycles. The van der Waals surface area contributed by atoms with Gasteiger partial charge in [-0.3, -0.25) is 14.5 Å². The zero-order valence-corrected chi connectivity index (χ0v) is 15.9. The Labute approximate surface area is 156 Å². The van der Waals surface area contributed by atoms with Crippen LogP contribution in [-0.2, 0) is 16.2 Å². The second-order valence-electron chi connectivity index (χ2n) is 7.83. The molecule has 0 N–H and O–H groups in total. The summed E-state index contributed by atoms with van der Waals surface area (Å²) in [5.74, 6) is 0. The van der Waals surface area contributed by atoms with Crippen molar-refractivity contribution in [1.29, 1.82) is 0 Å². The predicted molar refractivity (Wildman–Crippen MR) is 103 cm³/mol. The number of hydrogen-bond donors (Lipinski definition) is 0. The Morgan fingerprint density at radius 2 is 1.77 bits per heavy atom. The van der Waals surface area contributed by atoms with Crippen molar-refractivity contribution >= 4 is 6.41 Å². The number of rotatable bonds is 7. The van der Waals surface area contributed by atoms with Crippen LogP contribution in [0.4, 0.5) is 0 Å². The van der Waals surface area contributed by atoms with Gasteiger partial charge in [0.25, 0.3) is 0 Å². The Hall–Kier alpha value is -2.17. The summed E-state index contributed by atoms with van der Waals surface area (Å²) >= 11 is 0. The number of carbonyl (C=O) groups is 1. The molecule has 26 heavy (non-hydrogen) atoms. The maximum atomic E-state index is 11.4. The van der Waals surface area contributed by atoms with Crippen LogP contribution < -0.4 is 0 Å². The zero-order valence-electron chi connectivity index (χ0n) is 15.9. The van der Waals surface area contributed by atoms with E-state index in [1.807, 2.05) is 26.8 Å². The second-order valence-corrected chi connectivity index (χ2v) is 7.83. The Morgan fingerprint density at radius 3 is 2.35 bits per heavy atom. The molecule has 1 amide bonds. The van der Waals surface area contributed by atoms with Crippen LogP contribution in [0.5, 0.6) is 0 Å². The number of hydroxylamine groups is 2. The molecule has 1 fully saturated rings. The van der Waals surface area contributed by atoms with Gasteiger partial charge in [0.2, 0.25) is 6.41 Å². The summed E-state index contributed by atoms with van der Waals surface area (Å²) in [4.78, 5) is 19.6. The highest BCUT2D eigenvalue weighted by molar-refractivity contribution is 5.46. The molecule has 4 heteroatoms. The van der Waals surface area contributed by atoms with Crippen LogP contribution in [-0.4, -0.2) is 35.1 Å². The molecule has 0 radical (unpaired) electrons. The highest BCUT2D eigenvalue weighted by Crippen LogP contribution is 2.32. The van der Waals surface area contributed by atoms with Gasteiger partial charge in [0, 0.05) is 13.1 Å². The summed E-state index contributed by atoms with van der Waals surface area (Å²) in [5, 5.41) is 1.38. The summed E-state index contributed by atoms with van der Waals surface area (Å²) in [5.41, 5.74) is 3.24. The van der Waals surface area contributed by atoms with Crippen molar-refractivity contribution in [2.45, 2.75) is 45.4 Å². The van der Waals surface area contributed by atoms with E-state index in [2.05, 4.69) is 53.4 Å². The average Bonchev–Trinajstić information content (AvgIpc) is 2.57. The molecule has 1 heterocycles. The van der Waals surface area contributed by atoms with Gasteiger partial charge in [-0.05, 0) is 43.9 Å². The number of benzene rings is 2. The first-order valence-electron chi connectivity index (χ1n) is 9.25. The average molecular weight is 352 g/mol. The lowest BCUT2D eigenvalue weighted by atomic mass is 9.93. The molecular formula is C22H28N2O2. The predicted octanol–water partition coefficient (Wildman–Crippen LogP) is 4.17. The molecule has 1 atom stereocenters. The molecule has 1 unspecified atom stereocenters. The Balaban J connectivity index is 1.83. The second kappa shape index (κ2) is 8.02. The fourth-order valence-electron chi connectivity index (χ4n) is 3.33. The highest BCUT2D eigenvalue weighted by Gasteiger charge is 2.27. The summed E-state index contributed by atoms with van der Waals surface area (Å²) in [6, 6.07) is 19.4. The minimum absolute atomic E-state index is 0.262. The molecule has 1 saturated heterocycles. The van der Waals surface area contributed by atoms with Gasteiger partial charge < -0.3 is 0 Å². The van der Waals surface area contributed by atoms with Crippen LogP contribution in [0, 0.1) is 0 Å². The fraction of sp³-hybridized carbons (Fsp3) is 0.409. The van der Waals surface area contributed by atoms with Crippen molar-refractivity contribution in [1.82, 2.24) is 9.96 Å². The molecule has 2 aromatic rings. The lowest BCUT2D eigenvalue weighted by Crippen LogP contribution is -2.40. The molecule has 138 valence electrons. The Kier molecular flexibility index (Phi) is 5.74. The quantitative estimate of drug-likeness (QED) is 0.554. The van der Waals surface area contributed by atoms with Crippen LogP contribution in [0.2, 0.25) is 0 Å². The summed E-state index contributed by atoms with van der Waals surface area (Å²) in [7, 11) is 0. The van der Waals surface area contributed by atoms with Gasteiger partial charge in [-0.15, -0.1) is 0 Å². The van der Waals surface area contributed by atoms with Crippen LogP contribution >= 0.6 is 0 Å². The van der Waals surface area contributed by atoms with E-state index in [9.17, 15) is 4.79 Å². The van der Waals surface area contributed by atoms with Gasteiger partial charge in [0.15, 0.2) is 0 Å². The van der Waals surface area contributed by atoms with Crippen LogP contribution in [0.25, 0.3) is 0 Å². The molecule has 0 bridgehead atoms. The van der Waals surface area contributed by atoms with E-state index in [1.54, 1.807) is 0 Å². The first-order valence-corrected chi connectivity index (χ1v) is 9.25. The molecule has 1 aliphatic rings. The zero-order chi connectivity index (χ0) is 18.6. The maximum Gasteiger partial charge on any atom is 0.233 e. The molecule has 0 aliphatic carbocycles. The fourth-order valence-corrected chi connectivity index (χ4v) is 3.33. The largest absolute Gasteiger partial charge is 0.292 e. The van der Waals surface area contributed by atoms with E-state index in [4.69, 9.17) is 4.84 Å².